The maximum absolute atomic E-state index is 12.5. The van der Waals surface area contributed by atoms with Gasteiger partial charge >= 0.3 is 29.3 Å². The van der Waals surface area contributed by atoms with Crippen LogP contribution in [0, 0.1) is 41.5 Å². The van der Waals surface area contributed by atoms with Gasteiger partial charge in [-0.05, 0) is 200 Å². The Bertz CT molecular complexity index is 6110. The number of aromatic amines is 4. The first-order valence-corrected chi connectivity index (χ1v) is 38.5. The number of aliphatic hydroxyl groups excluding tert-OH is 1. The normalized spacial score (nSPS) is 11.9. The van der Waals surface area contributed by atoms with E-state index in [1.54, 1.807) is 31.2 Å². The van der Waals surface area contributed by atoms with E-state index in [0.29, 0.717) is 110 Å². The van der Waals surface area contributed by atoms with Crippen LogP contribution in [-0.4, -0.2) is 138 Å². The first-order chi connectivity index (χ1) is 55.9. The minimum absolute atomic E-state index is 0.111. The summed E-state index contributed by atoms with van der Waals surface area (Å²) in [6.45, 7) is 32.5. The number of aliphatic hydroxyl groups is 1. The summed E-state index contributed by atoms with van der Waals surface area (Å²) in [5.74, 6) is 0.0719. The SMILES string of the molecule is C=C(C)OCOC(=O)CCCCCCn1c2nc(=O)[nH]c(=O)c-2nc2cc(C)c(C)cc21.C=C(O)CCCCCCn1c2nc(=O)[nH]c(=O)c-2nc2ccccc21.C=c1nc2c(c(=O)[nH]1)=Nc1cc(C)c(C)cc1N2CCNCCCC[C@@H](N)C(=O)O.C=c1nc2c(c(=O)[nH]1)=Nc1cc(C)c(C)cc1N2CCNc1ccc(C(=O)O)cc1. The van der Waals surface area contributed by atoms with Crippen molar-refractivity contribution >= 4 is 93.2 Å². The average Bonchev–Trinajstić information content (AvgIpc) is 0.781. The molecule has 0 saturated heterocycles. The van der Waals surface area contributed by atoms with Crippen LogP contribution in [0.3, 0.4) is 0 Å². The zero-order valence-electron chi connectivity index (χ0n) is 66.6. The molecule has 7 aromatic rings. The number of hydrogen-bond acceptors (Lipinski definition) is 25. The summed E-state index contributed by atoms with van der Waals surface area (Å²) < 4.78 is 13.8. The van der Waals surface area contributed by atoms with Gasteiger partial charge in [-0.3, -0.25) is 38.7 Å². The van der Waals surface area contributed by atoms with Crippen molar-refractivity contribution in [3.8, 4) is 23.0 Å². The van der Waals surface area contributed by atoms with E-state index < -0.39 is 40.5 Å². The van der Waals surface area contributed by atoms with E-state index in [1.807, 2.05) is 115 Å². The number of ether oxygens (including phenoxy) is 2. The lowest BCUT2D eigenvalue weighted by Gasteiger charge is -2.28. The van der Waals surface area contributed by atoms with E-state index in [0.717, 1.165) is 137 Å². The Kier molecular flexibility index (Phi) is 29.1. The molecule has 6 aliphatic heterocycles. The highest BCUT2D eigenvalue weighted by Gasteiger charge is 2.27. The van der Waals surface area contributed by atoms with Crippen molar-refractivity contribution in [1.29, 1.82) is 0 Å². The number of carboxylic acids is 2. The highest BCUT2D eigenvalue weighted by molar-refractivity contribution is 5.88. The number of nitrogens with zero attached hydrogens (tertiary/aromatic N) is 12. The van der Waals surface area contributed by atoms with Gasteiger partial charge in [0.15, 0.2) is 45.4 Å². The quantitative estimate of drug-likeness (QED) is 0.00643. The Morgan fingerprint density at radius 3 is 1.55 bits per heavy atom. The van der Waals surface area contributed by atoms with Crippen LogP contribution in [0.1, 0.15) is 134 Å². The van der Waals surface area contributed by atoms with Crippen molar-refractivity contribution in [3.63, 3.8) is 0 Å². The van der Waals surface area contributed by atoms with E-state index in [4.69, 9.17) is 30.5 Å². The number of benzene rings is 5. The van der Waals surface area contributed by atoms with Gasteiger partial charge in [0.05, 0.1) is 61.9 Å². The lowest BCUT2D eigenvalue weighted by molar-refractivity contribution is -0.153. The fourth-order valence-corrected chi connectivity index (χ4v) is 13.1. The van der Waals surface area contributed by atoms with Gasteiger partial charge in [-0.25, -0.2) is 44.3 Å². The van der Waals surface area contributed by atoms with Crippen LogP contribution >= 0.6 is 0 Å². The van der Waals surface area contributed by atoms with Gasteiger partial charge in [0, 0.05) is 57.8 Å². The lowest BCUT2D eigenvalue weighted by atomic mass is 10.1. The number of unbranched alkanes of at least 4 members (excludes halogenated alkanes) is 7. The molecule has 5 aromatic carbocycles. The van der Waals surface area contributed by atoms with Crippen molar-refractivity contribution in [2.45, 2.75) is 151 Å². The van der Waals surface area contributed by atoms with Gasteiger partial charge in [-0.15, -0.1) is 0 Å². The van der Waals surface area contributed by atoms with Gasteiger partial charge < -0.3 is 70.1 Å². The molecule has 0 fully saturated rings. The number of nitrogens with two attached hydrogens (primary N) is 1. The van der Waals surface area contributed by atoms with Crippen LogP contribution in [0.2, 0.25) is 0 Å². The van der Waals surface area contributed by atoms with E-state index in [9.17, 15) is 43.2 Å². The zero-order chi connectivity index (χ0) is 84.3. The molecule has 0 spiro atoms. The number of carboxylic acid groups (broad SMARTS) is 2. The van der Waals surface area contributed by atoms with E-state index >= 15 is 0 Å². The molecule has 6 aliphatic rings. The van der Waals surface area contributed by atoms with Gasteiger partial charge in [-0.1, -0.05) is 70.6 Å². The topological polar surface area (TPSA) is 464 Å². The number of aliphatic carboxylic acids is 1. The third-order valence-corrected chi connectivity index (χ3v) is 19.7. The second kappa shape index (κ2) is 39.5. The predicted octanol–water partition coefficient (Wildman–Crippen LogP) is 8.19. The highest BCUT2D eigenvalue weighted by atomic mass is 16.7. The number of fused-ring (bicyclic) bond motifs is 8. The number of rotatable bonds is 31. The lowest BCUT2D eigenvalue weighted by Crippen LogP contribution is -2.44. The van der Waals surface area contributed by atoms with Crippen LogP contribution in [0.15, 0.2) is 148 Å². The van der Waals surface area contributed by atoms with Crippen LogP contribution in [0.25, 0.3) is 58.3 Å². The molecule has 33 heteroatoms. The maximum atomic E-state index is 12.5. The fourth-order valence-electron chi connectivity index (χ4n) is 13.1. The van der Waals surface area contributed by atoms with Crippen LogP contribution < -0.4 is 81.5 Å². The average molecular weight is 1600 g/mol. The van der Waals surface area contributed by atoms with Crippen molar-refractivity contribution in [2.24, 2.45) is 15.7 Å². The first-order valence-electron chi connectivity index (χ1n) is 38.5. The van der Waals surface area contributed by atoms with E-state index in [1.165, 1.54) is 0 Å². The standard InChI is InChI=1S/C23H28N4O5.C22H21N5O3.C21H28N6O3.C18H20N4O3/c1-14(2)31-13-32-19(28)9-7-5-6-8-10-27-18-12-16(4)15(3)11-17(18)24-20-21(27)25-23(30)26-22(20)29;1-12-10-17-18(11-13(12)2)27(20-19(26-17)21(28)25-14(3)24-20)9-8-23-16-6-4-15(5-7-16)22(29)30;1-12-10-16-17(11-13(12)2)27(19-18(26-16)20(28)25-14(3)24-19)9-8-23-7-5-4-6-15(22)21(29)30;1-12(23)8-4-2-3-7-11-22-14-10-6-5-9-13(14)19-15-16(22)20-18(25)21-17(15)24/h11-12H,1,5-10,13H2,2-4H3,(H,26,29,30);4-7,10-11,23H,3,8-9H2,1-2H3,(H,25,28)(H,29,30);10-11,15,23H,3-9,22H2,1-2H3,(H,25,28)(H,29,30);5-6,9-10,23H,1-4,7-8,11H2,(H,21,24,25)/t;;15-;/m..1./s1. The summed E-state index contributed by atoms with van der Waals surface area (Å²) in [5, 5.41) is 34.1. The molecular weight excluding hydrogens is 1500 g/mol. The number of carbonyl (C=O) groups excluding carboxylic acids is 1. The van der Waals surface area contributed by atoms with Gasteiger partial charge in [0.1, 0.15) is 17.0 Å². The monoisotopic (exact) mass is 1600 g/mol. The Hall–Kier alpha value is -13.4. The van der Waals surface area contributed by atoms with Crippen molar-refractivity contribution in [1.82, 2.24) is 64.3 Å². The molecule has 2 aromatic heterocycles. The molecule has 11 N–H and O–H groups in total. The van der Waals surface area contributed by atoms with Crippen molar-refractivity contribution in [2.75, 3.05) is 54.6 Å². The smallest absolute Gasteiger partial charge is 0.349 e. The maximum Gasteiger partial charge on any atom is 0.349 e. The Balaban J connectivity index is 0.000000165. The third-order valence-electron chi connectivity index (χ3n) is 19.7. The number of hydrogen-bond donors (Lipinski definition) is 10. The summed E-state index contributed by atoms with van der Waals surface area (Å²) in [6.07, 6.45) is 9.89. The Labute approximate surface area is 670 Å². The van der Waals surface area contributed by atoms with Crippen LogP contribution in [0.4, 0.5) is 40.1 Å². The molecule has 0 saturated carbocycles. The number of aryl methyl sites for hydroxylation is 8. The number of carbonyl (C=O) groups is 3. The summed E-state index contributed by atoms with van der Waals surface area (Å²) in [4.78, 5) is 154. The number of anilines is 5. The molecule has 13 rings (SSSR count). The highest BCUT2D eigenvalue weighted by Crippen LogP contribution is 2.38. The summed E-state index contributed by atoms with van der Waals surface area (Å²) in [5.41, 5.74) is 17.4. The number of aromatic carboxylic acids is 1. The van der Waals surface area contributed by atoms with Gasteiger partial charge in [-0.2, -0.15) is 9.97 Å². The number of H-pyrrole nitrogens is 4. The largest absolute Gasteiger partial charge is 0.513 e. The van der Waals surface area contributed by atoms with E-state index in [2.05, 4.69) is 103 Å². The van der Waals surface area contributed by atoms with Crippen LogP contribution in [0.5, 0.6) is 0 Å². The van der Waals surface area contributed by atoms with Gasteiger partial charge in [0.25, 0.3) is 22.2 Å². The molecule has 1 atom stereocenters. The van der Waals surface area contributed by atoms with E-state index in [-0.39, 0.29) is 63.3 Å². The predicted molar refractivity (Wildman–Crippen MR) is 448 cm³/mol. The molecular formula is C84H97N19O14. The Morgan fingerprint density at radius 2 is 1.01 bits per heavy atom. The second-order valence-corrected chi connectivity index (χ2v) is 28.6. The molecule has 0 radical (unpaired) electrons. The van der Waals surface area contributed by atoms with Crippen LogP contribution in [-0.2, 0) is 32.2 Å². The minimum Gasteiger partial charge on any atom is -0.513 e. The van der Waals surface area contributed by atoms with Gasteiger partial charge in [0.2, 0.25) is 6.79 Å². The zero-order valence-corrected chi connectivity index (χ0v) is 66.6. The summed E-state index contributed by atoms with van der Waals surface area (Å²) in [6, 6.07) is 25.3. The Morgan fingerprint density at radius 1 is 0.513 bits per heavy atom. The van der Waals surface area contributed by atoms with Crippen molar-refractivity contribution in [3.05, 3.63) is 233 Å². The molecule has 33 nitrogen and oxygen atoms in total. The number of para-hydroxylation sites is 2. The number of allylic oxidation sites excluding steroid dienone is 2. The molecule has 0 unspecified atom stereocenters. The van der Waals surface area contributed by atoms with Crippen molar-refractivity contribution < 1.29 is 39.2 Å². The number of nitrogens with one attached hydrogen (secondary N) is 6. The number of aromatic nitrogens is 12. The molecule has 612 valence electrons. The molecule has 8 heterocycles. The minimum atomic E-state index is -0.964. The first kappa shape index (κ1) is 86.0. The summed E-state index contributed by atoms with van der Waals surface area (Å²) in [7, 11) is 0. The summed E-state index contributed by atoms with van der Waals surface area (Å²) >= 11 is 0. The molecule has 0 amide bonds. The molecule has 0 aliphatic carbocycles. The number of esters is 1. The third kappa shape index (κ3) is 22.3. The molecule has 0 bridgehead atoms. The second-order valence-electron chi connectivity index (χ2n) is 28.6. The fraction of sp³-hybridized carbons (Fsp3) is 0.345. The molecule has 117 heavy (non-hydrogen) atoms.